The van der Waals surface area contributed by atoms with Crippen molar-refractivity contribution in [2.24, 2.45) is 0 Å². The molecule has 0 saturated carbocycles. The molecule has 4 rings (SSSR count). The van der Waals surface area contributed by atoms with E-state index in [2.05, 4.69) is 21.9 Å². The molecule has 4 heterocycles. The van der Waals surface area contributed by atoms with Crippen LogP contribution in [0.4, 0.5) is 15.0 Å². The van der Waals surface area contributed by atoms with Crippen LogP contribution in [-0.4, -0.2) is 102 Å². The zero-order valence-electron chi connectivity index (χ0n) is 21.6. The maximum Gasteiger partial charge on any atom is 0.410 e. The van der Waals surface area contributed by atoms with Crippen LogP contribution in [0.2, 0.25) is 0 Å². The average molecular weight is 494 g/mol. The normalized spacial score (nSPS) is 23.6. The number of amides is 2. The Labute approximate surface area is 207 Å². The quantitative estimate of drug-likeness (QED) is 0.623. The minimum atomic E-state index is -1.30. The van der Waals surface area contributed by atoms with Crippen LogP contribution in [0.5, 0.6) is 0 Å². The second-order valence-corrected chi connectivity index (χ2v) is 11.3. The Morgan fingerprint density at radius 3 is 2.43 bits per heavy atom. The number of hydrogen-bond acceptors (Lipinski definition) is 7. The average Bonchev–Trinajstić information content (AvgIpc) is 3.42. The smallest absolute Gasteiger partial charge is 0.410 e. The van der Waals surface area contributed by atoms with E-state index >= 15 is 4.39 Å². The van der Waals surface area contributed by atoms with E-state index in [0.29, 0.717) is 44.3 Å². The third-order valence-corrected chi connectivity index (χ3v) is 7.26. The van der Waals surface area contributed by atoms with Gasteiger partial charge in [-0.1, -0.05) is 5.16 Å². The number of halogens is 1. The predicted molar refractivity (Wildman–Crippen MR) is 130 cm³/mol. The molecule has 1 atom stereocenters. The second kappa shape index (κ2) is 10.3. The largest absolute Gasteiger partial charge is 0.444 e. The van der Waals surface area contributed by atoms with Crippen molar-refractivity contribution in [2.75, 3.05) is 57.3 Å². The summed E-state index contributed by atoms with van der Waals surface area (Å²) in [5, 5.41) is 4.18. The summed E-state index contributed by atoms with van der Waals surface area (Å²) in [6.07, 6.45) is 2.63. The molecular formula is C25H40FN5O4. The lowest BCUT2D eigenvalue weighted by Gasteiger charge is -2.41. The molecule has 9 nitrogen and oxygen atoms in total. The van der Waals surface area contributed by atoms with Gasteiger partial charge in [-0.05, 0) is 40.5 Å². The molecule has 0 bridgehead atoms. The highest BCUT2D eigenvalue weighted by Crippen LogP contribution is 2.29. The van der Waals surface area contributed by atoms with Crippen LogP contribution in [0.3, 0.4) is 0 Å². The van der Waals surface area contributed by atoms with Gasteiger partial charge in [0.25, 0.3) is 0 Å². The summed E-state index contributed by atoms with van der Waals surface area (Å²) >= 11 is 0. The van der Waals surface area contributed by atoms with Crippen molar-refractivity contribution in [1.29, 1.82) is 0 Å². The van der Waals surface area contributed by atoms with Crippen molar-refractivity contribution in [2.45, 2.75) is 77.1 Å². The monoisotopic (exact) mass is 493 g/mol. The molecule has 1 unspecified atom stereocenters. The van der Waals surface area contributed by atoms with Crippen LogP contribution in [0.1, 0.15) is 59.1 Å². The Balaban J connectivity index is 1.21. The first-order chi connectivity index (χ1) is 16.5. The predicted octanol–water partition coefficient (Wildman–Crippen LogP) is 3.09. The number of aromatic nitrogens is 1. The number of rotatable bonds is 5. The molecule has 3 fully saturated rings. The molecule has 1 aromatic rings. The number of nitrogens with zero attached hydrogens (tertiary/aromatic N) is 5. The molecule has 0 aliphatic carbocycles. The minimum absolute atomic E-state index is 0.0912. The van der Waals surface area contributed by atoms with Crippen molar-refractivity contribution < 1.29 is 23.2 Å². The molecule has 0 spiro atoms. The highest BCUT2D eigenvalue weighted by atomic mass is 19.1. The molecule has 196 valence electrons. The fourth-order valence-electron chi connectivity index (χ4n) is 5.20. The van der Waals surface area contributed by atoms with Crippen molar-refractivity contribution in [3.05, 3.63) is 11.8 Å². The van der Waals surface area contributed by atoms with Crippen LogP contribution in [0.15, 0.2) is 10.6 Å². The zero-order valence-corrected chi connectivity index (χ0v) is 21.6. The lowest BCUT2D eigenvalue weighted by Crippen LogP contribution is -2.54. The summed E-state index contributed by atoms with van der Waals surface area (Å²) in [4.78, 5) is 32.6. The topological polar surface area (TPSA) is 82.4 Å². The number of likely N-dealkylation sites (tertiary alicyclic amines) is 2. The number of ether oxygens (including phenoxy) is 1. The highest BCUT2D eigenvalue weighted by molar-refractivity contribution is 5.79. The molecular weight excluding hydrogens is 453 g/mol. The van der Waals surface area contributed by atoms with Crippen LogP contribution < -0.4 is 4.90 Å². The maximum absolute atomic E-state index is 15.5. The first-order valence-electron chi connectivity index (χ1n) is 12.9. The van der Waals surface area contributed by atoms with E-state index in [1.54, 1.807) is 4.90 Å². The molecule has 1 aromatic heterocycles. The number of piperidine rings is 1. The molecule has 3 saturated heterocycles. The van der Waals surface area contributed by atoms with Crippen LogP contribution in [0, 0.1) is 0 Å². The van der Waals surface area contributed by atoms with Crippen molar-refractivity contribution in [3.63, 3.8) is 0 Å². The highest BCUT2D eigenvalue weighted by Gasteiger charge is 2.39. The van der Waals surface area contributed by atoms with E-state index in [0.717, 1.165) is 51.4 Å². The number of carbonyl (C=O) groups excluding carboxylic acids is 2. The summed E-state index contributed by atoms with van der Waals surface area (Å²) in [6, 6.07) is 2.15. The van der Waals surface area contributed by atoms with E-state index < -0.39 is 11.3 Å². The lowest BCUT2D eigenvalue weighted by molar-refractivity contribution is -0.131. The number of carbonyl (C=O) groups is 2. The number of hydrogen-bond donors (Lipinski definition) is 0. The first-order valence-corrected chi connectivity index (χ1v) is 12.9. The Morgan fingerprint density at radius 1 is 1.14 bits per heavy atom. The van der Waals surface area contributed by atoms with E-state index in [1.165, 1.54) is 0 Å². The fourth-order valence-corrected chi connectivity index (χ4v) is 5.20. The summed E-state index contributed by atoms with van der Waals surface area (Å²) in [5.41, 5.74) is -1.84. The molecule has 2 amide bonds. The maximum atomic E-state index is 15.5. The van der Waals surface area contributed by atoms with Gasteiger partial charge < -0.3 is 24.0 Å². The molecule has 3 aliphatic heterocycles. The van der Waals surface area contributed by atoms with E-state index in [1.807, 2.05) is 31.7 Å². The summed E-state index contributed by atoms with van der Waals surface area (Å²) in [7, 11) is 0. The van der Waals surface area contributed by atoms with Crippen molar-refractivity contribution in [3.8, 4) is 0 Å². The number of piperazine rings is 1. The lowest BCUT2D eigenvalue weighted by atomic mass is 9.92. The van der Waals surface area contributed by atoms with Gasteiger partial charge in [0, 0.05) is 77.3 Å². The van der Waals surface area contributed by atoms with Gasteiger partial charge in [0.05, 0.1) is 6.42 Å². The van der Waals surface area contributed by atoms with Crippen molar-refractivity contribution in [1.82, 2.24) is 19.9 Å². The summed E-state index contributed by atoms with van der Waals surface area (Å²) in [5.74, 6) is 1.42. The van der Waals surface area contributed by atoms with Crippen molar-refractivity contribution >= 4 is 17.8 Å². The molecule has 35 heavy (non-hydrogen) atoms. The van der Waals surface area contributed by atoms with Gasteiger partial charge in [0.1, 0.15) is 17.0 Å². The van der Waals surface area contributed by atoms with Gasteiger partial charge in [-0.2, -0.15) is 0 Å². The van der Waals surface area contributed by atoms with Gasteiger partial charge in [-0.3, -0.25) is 9.69 Å². The van der Waals surface area contributed by atoms with Crippen LogP contribution in [0.25, 0.3) is 0 Å². The molecule has 0 radical (unpaired) electrons. The first kappa shape index (κ1) is 25.7. The third kappa shape index (κ3) is 6.65. The van der Waals surface area contributed by atoms with Gasteiger partial charge in [0.2, 0.25) is 5.91 Å². The Hall–Kier alpha value is -2.36. The summed E-state index contributed by atoms with van der Waals surface area (Å²) < 4.78 is 26.4. The summed E-state index contributed by atoms with van der Waals surface area (Å²) in [6.45, 7) is 12.4. The van der Waals surface area contributed by atoms with Gasteiger partial charge in [0.15, 0.2) is 5.82 Å². The van der Waals surface area contributed by atoms with Gasteiger partial charge in [-0.25, -0.2) is 9.18 Å². The van der Waals surface area contributed by atoms with E-state index in [9.17, 15) is 9.59 Å². The van der Waals surface area contributed by atoms with Gasteiger partial charge in [-0.15, -0.1) is 0 Å². The van der Waals surface area contributed by atoms with Crippen LogP contribution in [-0.2, 0) is 16.0 Å². The number of alkyl halides is 1. The zero-order chi connectivity index (χ0) is 25.2. The fraction of sp³-hybridized carbons (Fsp3) is 0.800. The molecule has 10 heteroatoms. The van der Waals surface area contributed by atoms with E-state index in [-0.39, 0.29) is 18.4 Å². The van der Waals surface area contributed by atoms with Crippen LogP contribution >= 0.6 is 0 Å². The Morgan fingerprint density at radius 2 is 1.83 bits per heavy atom. The molecule has 0 N–H and O–H groups in total. The Kier molecular flexibility index (Phi) is 7.59. The van der Waals surface area contributed by atoms with Gasteiger partial charge >= 0.3 is 6.09 Å². The SMILES string of the molecule is CC1CCCN1C(=O)Cc1cc(N2CCN(CC3(F)CCN(C(=O)OC(C)(C)C)CC3)CC2)no1. The Bertz CT molecular complexity index is 885. The van der Waals surface area contributed by atoms with E-state index in [4.69, 9.17) is 9.26 Å². The standard InChI is InChI=1S/C25H40FN5O4/c1-19-6-5-9-31(19)22(32)17-20-16-21(27-35-20)29-14-12-28(13-15-29)18-25(26)7-10-30(11-8-25)23(33)34-24(2,3)4/h16,19H,5-15,17-18H2,1-4H3. The molecule has 0 aromatic carbocycles. The third-order valence-electron chi connectivity index (χ3n) is 7.26. The number of anilines is 1. The molecule has 3 aliphatic rings. The minimum Gasteiger partial charge on any atom is -0.444 e. The second-order valence-electron chi connectivity index (χ2n) is 11.3.